The smallest absolute Gasteiger partial charge is 0.224 e. The van der Waals surface area contributed by atoms with Crippen molar-refractivity contribution in [3.05, 3.63) is 59.2 Å². The predicted octanol–water partition coefficient (Wildman–Crippen LogP) is 2.87. The zero-order chi connectivity index (χ0) is 16.7. The minimum Gasteiger partial charge on any atom is -0.493 e. The number of carbonyl (C=O) groups is 1. The predicted molar refractivity (Wildman–Crippen MR) is 91.7 cm³/mol. The number of amides is 1. The van der Waals surface area contributed by atoms with Crippen LogP contribution in [0, 0.1) is 5.92 Å². The third-order valence-corrected chi connectivity index (χ3v) is 5.38. The summed E-state index contributed by atoms with van der Waals surface area (Å²) in [6.07, 6.45) is 0.842. The van der Waals surface area contributed by atoms with Crippen molar-refractivity contribution in [3.8, 4) is 11.5 Å². The van der Waals surface area contributed by atoms with E-state index in [0.29, 0.717) is 6.54 Å². The monoisotopic (exact) mass is 323 g/mol. The summed E-state index contributed by atoms with van der Waals surface area (Å²) in [5.41, 5.74) is 3.69. The second-order valence-electron chi connectivity index (χ2n) is 6.50. The Morgan fingerprint density at radius 2 is 1.71 bits per heavy atom. The maximum Gasteiger partial charge on any atom is 0.224 e. The van der Waals surface area contributed by atoms with Crippen LogP contribution in [-0.2, 0) is 11.2 Å². The van der Waals surface area contributed by atoms with Gasteiger partial charge in [-0.25, -0.2) is 0 Å². The van der Waals surface area contributed by atoms with E-state index in [4.69, 9.17) is 9.47 Å². The molecule has 0 spiro atoms. The molecule has 1 fully saturated rings. The molecule has 3 atom stereocenters. The Morgan fingerprint density at radius 1 is 1.00 bits per heavy atom. The molecule has 4 heteroatoms. The first-order valence-electron chi connectivity index (χ1n) is 8.30. The van der Waals surface area contributed by atoms with E-state index in [-0.39, 0.29) is 23.7 Å². The molecule has 2 aromatic carbocycles. The molecule has 4 rings (SSSR count). The van der Waals surface area contributed by atoms with Gasteiger partial charge >= 0.3 is 0 Å². The topological polar surface area (TPSA) is 47.6 Å². The fraction of sp³-hybridized carbons (Fsp3) is 0.350. The molecule has 1 amide bonds. The lowest BCUT2D eigenvalue weighted by Crippen LogP contribution is -2.30. The third kappa shape index (κ3) is 2.25. The third-order valence-electron chi connectivity index (χ3n) is 5.38. The average Bonchev–Trinajstić information content (AvgIpc) is 3.02. The van der Waals surface area contributed by atoms with Crippen LogP contribution < -0.4 is 14.8 Å². The number of rotatable bonds is 3. The van der Waals surface area contributed by atoms with Gasteiger partial charge < -0.3 is 14.8 Å². The van der Waals surface area contributed by atoms with E-state index >= 15 is 0 Å². The van der Waals surface area contributed by atoms with Crippen LogP contribution >= 0.6 is 0 Å². The number of benzene rings is 2. The summed E-state index contributed by atoms with van der Waals surface area (Å²) in [5, 5.41) is 3.06. The van der Waals surface area contributed by atoms with Gasteiger partial charge in [-0.1, -0.05) is 30.3 Å². The van der Waals surface area contributed by atoms with Gasteiger partial charge in [0.25, 0.3) is 0 Å². The summed E-state index contributed by atoms with van der Waals surface area (Å²) < 4.78 is 10.9. The van der Waals surface area contributed by atoms with Crippen LogP contribution in [0.3, 0.4) is 0 Å². The normalized spacial score (nSPS) is 24.8. The van der Waals surface area contributed by atoms with E-state index < -0.39 is 0 Å². The first kappa shape index (κ1) is 15.1. The van der Waals surface area contributed by atoms with E-state index in [1.54, 1.807) is 14.2 Å². The highest BCUT2D eigenvalue weighted by Gasteiger charge is 2.46. The van der Waals surface area contributed by atoms with Crippen LogP contribution in [0.25, 0.3) is 0 Å². The summed E-state index contributed by atoms with van der Waals surface area (Å²) in [6, 6.07) is 14.5. The SMILES string of the molecule is COc1cc2c(cc1OC)[C@H]1CNC(=O)[C@@H]1[C@H](c1ccccc1)C2. The molecule has 1 N–H and O–H groups in total. The first-order chi connectivity index (χ1) is 11.7. The lowest BCUT2D eigenvalue weighted by atomic mass is 9.68. The van der Waals surface area contributed by atoms with Gasteiger partial charge in [-0.3, -0.25) is 4.79 Å². The number of hydrogen-bond donors (Lipinski definition) is 1. The highest BCUT2D eigenvalue weighted by atomic mass is 16.5. The van der Waals surface area contributed by atoms with Crippen molar-refractivity contribution in [2.24, 2.45) is 5.92 Å². The molecule has 1 heterocycles. The molecular weight excluding hydrogens is 302 g/mol. The Kier molecular flexibility index (Phi) is 3.68. The molecular formula is C20H21NO3. The van der Waals surface area contributed by atoms with Crippen LogP contribution in [0.1, 0.15) is 28.5 Å². The fourth-order valence-electron chi connectivity index (χ4n) is 4.25. The molecule has 4 nitrogen and oxygen atoms in total. The Balaban J connectivity index is 1.84. The summed E-state index contributed by atoms with van der Waals surface area (Å²) in [7, 11) is 3.31. The molecule has 0 unspecified atom stereocenters. The summed E-state index contributed by atoms with van der Waals surface area (Å²) >= 11 is 0. The van der Waals surface area contributed by atoms with Crippen LogP contribution in [0.4, 0.5) is 0 Å². The van der Waals surface area contributed by atoms with Gasteiger partial charge in [0.15, 0.2) is 11.5 Å². The van der Waals surface area contributed by atoms with E-state index in [1.807, 2.05) is 24.3 Å². The van der Waals surface area contributed by atoms with Crippen LogP contribution in [-0.4, -0.2) is 26.7 Å². The van der Waals surface area contributed by atoms with Gasteiger partial charge in [-0.15, -0.1) is 0 Å². The standard InChI is InChI=1S/C20H21NO3/c1-23-17-9-13-8-15(12-6-4-3-5-7-12)19-16(11-21-20(19)22)14(13)10-18(17)24-2/h3-7,9-10,15-16,19H,8,11H2,1-2H3,(H,21,22)/t15-,16+,19+/m0/s1. The molecule has 0 bridgehead atoms. The van der Waals surface area contributed by atoms with Crippen molar-refractivity contribution >= 4 is 5.91 Å². The molecule has 2 aliphatic rings. The van der Waals surface area contributed by atoms with Crippen molar-refractivity contribution in [1.29, 1.82) is 0 Å². The van der Waals surface area contributed by atoms with Gasteiger partial charge in [-0.05, 0) is 35.2 Å². The second-order valence-corrected chi connectivity index (χ2v) is 6.50. The Bertz CT molecular complexity index is 772. The van der Waals surface area contributed by atoms with Crippen LogP contribution in [0.5, 0.6) is 11.5 Å². The summed E-state index contributed by atoms with van der Waals surface area (Å²) in [4.78, 5) is 12.5. The number of methoxy groups -OCH3 is 2. The molecule has 2 aromatic rings. The summed E-state index contributed by atoms with van der Waals surface area (Å²) in [5.74, 6) is 2.01. The Morgan fingerprint density at radius 3 is 2.42 bits per heavy atom. The minimum atomic E-state index is -0.0157. The Hall–Kier alpha value is -2.49. The van der Waals surface area contributed by atoms with Gasteiger partial charge in [0.1, 0.15) is 0 Å². The molecule has 0 aromatic heterocycles. The molecule has 24 heavy (non-hydrogen) atoms. The maximum atomic E-state index is 12.5. The number of nitrogens with one attached hydrogen (secondary N) is 1. The Labute approximate surface area is 141 Å². The van der Waals surface area contributed by atoms with Crippen LogP contribution in [0.2, 0.25) is 0 Å². The minimum absolute atomic E-state index is 0.0157. The van der Waals surface area contributed by atoms with Crippen molar-refractivity contribution in [1.82, 2.24) is 5.32 Å². The summed E-state index contributed by atoms with van der Waals surface area (Å²) in [6.45, 7) is 0.690. The van der Waals surface area contributed by atoms with Gasteiger partial charge in [-0.2, -0.15) is 0 Å². The molecule has 1 aliphatic carbocycles. The molecule has 124 valence electrons. The molecule has 0 saturated carbocycles. The molecule has 1 saturated heterocycles. The largest absolute Gasteiger partial charge is 0.493 e. The second kappa shape index (κ2) is 5.86. The van der Waals surface area contributed by atoms with Gasteiger partial charge in [0.05, 0.1) is 20.1 Å². The highest BCUT2D eigenvalue weighted by Crippen LogP contribution is 2.49. The average molecular weight is 323 g/mol. The van der Waals surface area contributed by atoms with Gasteiger partial charge in [0.2, 0.25) is 5.91 Å². The van der Waals surface area contributed by atoms with Gasteiger partial charge in [0, 0.05) is 18.4 Å². The van der Waals surface area contributed by atoms with E-state index in [2.05, 4.69) is 23.5 Å². The van der Waals surface area contributed by atoms with Crippen molar-refractivity contribution in [3.63, 3.8) is 0 Å². The fourth-order valence-corrected chi connectivity index (χ4v) is 4.25. The zero-order valence-electron chi connectivity index (χ0n) is 13.9. The zero-order valence-corrected chi connectivity index (χ0v) is 13.9. The van der Waals surface area contributed by atoms with Crippen molar-refractivity contribution in [2.45, 2.75) is 18.3 Å². The van der Waals surface area contributed by atoms with Crippen molar-refractivity contribution in [2.75, 3.05) is 20.8 Å². The molecule has 1 aliphatic heterocycles. The quantitative estimate of drug-likeness (QED) is 0.945. The van der Waals surface area contributed by atoms with E-state index in [9.17, 15) is 4.79 Å². The van der Waals surface area contributed by atoms with E-state index in [0.717, 1.165) is 17.9 Å². The first-order valence-corrected chi connectivity index (χ1v) is 8.30. The van der Waals surface area contributed by atoms with Crippen LogP contribution in [0.15, 0.2) is 42.5 Å². The highest BCUT2D eigenvalue weighted by molar-refractivity contribution is 5.84. The maximum absolute atomic E-state index is 12.5. The van der Waals surface area contributed by atoms with E-state index in [1.165, 1.54) is 16.7 Å². The lowest BCUT2D eigenvalue weighted by Gasteiger charge is -2.34. The number of fused-ring (bicyclic) bond motifs is 3. The van der Waals surface area contributed by atoms with Crippen molar-refractivity contribution < 1.29 is 14.3 Å². The number of carbonyl (C=O) groups excluding carboxylic acids is 1. The molecule has 0 radical (unpaired) electrons. The number of hydrogen-bond acceptors (Lipinski definition) is 3. The lowest BCUT2D eigenvalue weighted by molar-refractivity contribution is -0.123. The number of ether oxygens (including phenoxy) is 2.